The maximum absolute atomic E-state index is 12.8. The van der Waals surface area contributed by atoms with Crippen LogP contribution >= 0.6 is 0 Å². The number of carbonyl (C=O) groups excluding carboxylic acids is 2. The lowest BCUT2D eigenvalue weighted by atomic mass is 10.1. The SMILES string of the molecule is COC(=O)c1cc(NC(=O)Nc2ccc3ccccc3c2)ccc1OS(=O)(=O)c1ccccc1C. The Balaban J connectivity index is 1.55. The van der Waals surface area contributed by atoms with E-state index in [-0.39, 0.29) is 21.9 Å². The number of ether oxygens (including phenoxy) is 1. The van der Waals surface area contributed by atoms with Gasteiger partial charge in [0.1, 0.15) is 10.5 Å². The fraction of sp³-hybridized carbons (Fsp3) is 0.0769. The fourth-order valence-electron chi connectivity index (χ4n) is 3.51. The number of rotatable bonds is 6. The molecule has 0 heterocycles. The normalized spacial score (nSPS) is 11.0. The number of benzene rings is 4. The van der Waals surface area contributed by atoms with Crippen molar-refractivity contribution >= 4 is 44.3 Å². The third-order valence-electron chi connectivity index (χ3n) is 5.21. The van der Waals surface area contributed by atoms with Gasteiger partial charge in [0.25, 0.3) is 0 Å². The molecule has 4 aromatic rings. The number of carbonyl (C=O) groups is 2. The van der Waals surface area contributed by atoms with Gasteiger partial charge in [-0.1, -0.05) is 48.5 Å². The molecule has 8 nitrogen and oxygen atoms in total. The lowest BCUT2D eigenvalue weighted by molar-refractivity contribution is 0.0599. The Kier molecular flexibility index (Phi) is 6.70. The molecule has 0 spiro atoms. The molecule has 2 N–H and O–H groups in total. The maximum atomic E-state index is 12.8. The van der Waals surface area contributed by atoms with Crippen LogP contribution in [0.3, 0.4) is 0 Å². The van der Waals surface area contributed by atoms with E-state index in [1.165, 1.54) is 24.3 Å². The van der Waals surface area contributed by atoms with Crippen molar-refractivity contribution in [1.29, 1.82) is 0 Å². The van der Waals surface area contributed by atoms with Crippen molar-refractivity contribution in [1.82, 2.24) is 0 Å². The van der Waals surface area contributed by atoms with Gasteiger partial charge in [0.05, 0.1) is 7.11 Å². The Morgan fingerprint density at radius 3 is 2.11 bits per heavy atom. The highest BCUT2D eigenvalue weighted by molar-refractivity contribution is 7.87. The number of nitrogens with one attached hydrogen (secondary N) is 2. The number of anilines is 2. The molecule has 0 radical (unpaired) electrons. The minimum absolute atomic E-state index is 0.0206. The number of amides is 2. The third-order valence-corrected chi connectivity index (χ3v) is 6.61. The molecule has 2 amide bonds. The Hall–Kier alpha value is -4.37. The summed E-state index contributed by atoms with van der Waals surface area (Å²) >= 11 is 0. The Morgan fingerprint density at radius 1 is 0.771 bits per heavy atom. The summed E-state index contributed by atoms with van der Waals surface area (Å²) in [5.74, 6) is -1.04. The zero-order valence-corrected chi connectivity index (χ0v) is 19.8. The molecule has 0 bridgehead atoms. The minimum Gasteiger partial charge on any atom is -0.465 e. The van der Waals surface area contributed by atoms with E-state index in [0.717, 1.165) is 17.9 Å². The van der Waals surface area contributed by atoms with Gasteiger partial charge in [0, 0.05) is 11.4 Å². The highest BCUT2D eigenvalue weighted by Crippen LogP contribution is 2.28. The molecule has 4 aromatic carbocycles. The molecule has 0 saturated carbocycles. The first-order valence-corrected chi connectivity index (χ1v) is 12.0. The van der Waals surface area contributed by atoms with Gasteiger partial charge in [0.15, 0.2) is 5.75 Å². The van der Waals surface area contributed by atoms with Crippen LogP contribution in [0.2, 0.25) is 0 Å². The first-order valence-electron chi connectivity index (χ1n) is 10.6. The molecule has 9 heteroatoms. The minimum atomic E-state index is -4.21. The summed E-state index contributed by atoms with van der Waals surface area (Å²) in [4.78, 5) is 24.9. The van der Waals surface area contributed by atoms with E-state index in [0.29, 0.717) is 11.3 Å². The number of aryl methyl sites for hydroxylation is 1. The van der Waals surface area contributed by atoms with E-state index in [4.69, 9.17) is 8.92 Å². The summed E-state index contributed by atoms with van der Waals surface area (Å²) in [6, 6.07) is 23.0. The molecule has 0 aliphatic rings. The summed E-state index contributed by atoms with van der Waals surface area (Å²) in [7, 11) is -3.05. The summed E-state index contributed by atoms with van der Waals surface area (Å²) < 4.78 is 35.6. The predicted molar refractivity (Wildman–Crippen MR) is 133 cm³/mol. The molecule has 0 unspecified atom stereocenters. The average Bonchev–Trinajstić information content (AvgIpc) is 2.84. The van der Waals surface area contributed by atoms with E-state index in [9.17, 15) is 18.0 Å². The molecule has 178 valence electrons. The zero-order valence-electron chi connectivity index (χ0n) is 18.9. The van der Waals surface area contributed by atoms with Crippen molar-refractivity contribution < 1.29 is 26.9 Å². The fourth-order valence-corrected chi connectivity index (χ4v) is 4.69. The van der Waals surface area contributed by atoms with Crippen LogP contribution in [-0.2, 0) is 14.9 Å². The molecular weight excluding hydrogens is 468 g/mol. The van der Waals surface area contributed by atoms with Gasteiger partial charge in [-0.25, -0.2) is 9.59 Å². The van der Waals surface area contributed by atoms with Gasteiger partial charge in [-0.3, -0.25) is 0 Å². The van der Waals surface area contributed by atoms with Crippen LogP contribution in [0, 0.1) is 6.92 Å². The molecule has 0 fully saturated rings. The van der Waals surface area contributed by atoms with Crippen LogP contribution in [0.5, 0.6) is 5.75 Å². The van der Waals surface area contributed by atoms with Gasteiger partial charge in [-0.15, -0.1) is 0 Å². The lowest BCUT2D eigenvalue weighted by Gasteiger charge is -2.14. The van der Waals surface area contributed by atoms with Gasteiger partial charge in [-0.2, -0.15) is 8.42 Å². The van der Waals surface area contributed by atoms with Crippen LogP contribution in [0.1, 0.15) is 15.9 Å². The van der Waals surface area contributed by atoms with E-state index in [1.54, 1.807) is 31.2 Å². The number of esters is 1. The summed E-state index contributed by atoms with van der Waals surface area (Å²) in [6.07, 6.45) is 0. The molecule has 0 aliphatic carbocycles. The second-order valence-corrected chi connectivity index (χ2v) is 9.16. The molecule has 4 rings (SSSR count). The molecular formula is C26H22N2O6S. The van der Waals surface area contributed by atoms with Crippen molar-refractivity contribution in [3.05, 3.63) is 96.1 Å². The second-order valence-electron chi connectivity index (χ2n) is 7.65. The summed E-state index contributed by atoms with van der Waals surface area (Å²) in [5, 5.41) is 7.36. The maximum Gasteiger partial charge on any atom is 0.341 e. The smallest absolute Gasteiger partial charge is 0.341 e. The first-order chi connectivity index (χ1) is 16.8. The monoisotopic (exact) mass is 490 g/mol. The molecule has 0 saturated heterocycles. The summed E-state index contributed by atoms with van der Waals surface area (Å²) in [5.41, 5.74) is 1.16. The van der Waals surface area contributed by atoms with Crippen LogP contribution in [-0.4, -0.2) is 27.5 Å². The lowest BCUT2D eigenvalue weighted by Crippen LogP contribution is -2.20. The molecule has 0 atom stereocenters. The van der Waals surface area contributed by atoms with Crippen molar-refractivity contribution in [3.8, 4) is 5.75 Å². The Morgan fingerprint density at radius 2 is 1.40 bits per heavy atom. The van der Waals surface area contributed by atoms with Crippen LogP contribution < -0.4 is 14.8 Å². The van der Waals surface area contributed by atoms with Crippen molar-refractivity contribution in [2.24, 2.45) is 0 Å². The largest absolute Gasteiger partial charge is 0.465 e. The predicted octanol–water partition coefficient (Wildman–Crippen LogP) is 5.35. The highest BCUT2D eigenvalue weighted by atomic mass is 32.2. The average molecular weight is 491 g/mol. The quantitative estimate of drug-likeness (QED) is 0.279. The number of urea groups is 1. The van der Waals surface area contributed by atoms with Crippen molar-refractivity contribution in [2.45, 2.75) is 11.8 Å². The van der Waals surface area contributed by atoms with Gasteiger partial charge >= 0.3 is 22.1 Å². The third kappa shape index (κ3) is 5.42. The number of hydrogen-bond acceptors (Lipinski definition) is 6. The molecule has 35 heavy (non-hydrogen) atoms. The second kappa shape index (κ2) is 9.86. The van der Waals surface area contributed by atoms with E-state index in [1.807, 2.05) is 36.4 Å². The molecule has 0 aromatic heterocycles. The van der Waals surface area contributed by atoms with Gasteiger partial charge < -0.3 is 19.6 Å². The standard InChI is InChI=1S/C26H22N2O6S/c1-17-7-3-6-10-24(17)35(31,32)34-23-14-13-21(16-22(23)25(29)33-2)28-26(30)27-20-12-11-18-8-4-5-9-19(18)15-20/h3-16H,1-2H3,(H2,27,28,30). The zero-order chi connectivity index (χ0) is 25.0. The van der Waals surface area contributed by atoms with Crippen LogP contribution in [0.4, 0.5) is 16.2 Å². The van der Waals surface area contributed by atoms with Crippen LogP contribution in [0.15, 0.2) is 89.8 Å². The molecule has 0 aliphatic heterocycles. The first kappa shape index (κ1) is 23.8. The number of hydrogen-bond donors (Lipinski definition) is 2. The van der Waals surface area contributed by atoms with Crippen molar-refractivity contribution in [3.63, 3.8) is 0 Å². The van der Waals surface area contributed by atoms with Crippen molar-refractivity contribution in [2.75, 3.05) is 17.7 Å². The van der Waals surface area contributed by atoms with Gasteiger partial charge in [0.2, 0.25) is 0 Å². The number of fused-ring (bicyclic) bond motifs is 1. The highest BCUT2D eigenvalue weighted by Gasteiger charge is 2.23. The van der Waals surface area contributed by atoms with Crippen LogP contribution in [0.25, 0.3) is 10.8 Å². The van der Waals surface area contributed by atoms with Gasteiger partial charge in [-0.05, 0) is 59.7 Å². The summed E-state index contributed by atoms with van der Waals surface area (Å²) in [6.45, 7) is 1.64. The Labute approximate surface area is 202 Å². The number of methoxy groups -OCH3 is 1. The topological polar surface area (TPSA) is 111 Å². The van der Waals surface area contributed by atoms with E-state index >= 15 is 0 Å². The van der Waals surface area contributed by atoms with E-state index < -0.39 is 22.1 Å². The Bertz CT molecular complexity index is 1530. The van der Waals surface area contributed by atoms with E-state index in [2.05, 4.69) is 10.6 Å².